The topological polar surface area (TPSA) is 55.4 Å². The van der Waals surface area contributed by atoms with Gasteiger partial charge < -0.3 is 10.1 Å². The quantitative estimate of drug-likeness (QED) is 0.805. The van der Waals surface area contributed by atoms with E-state index in [1.807, 2.05) is 6.07 Å². The lowest BCUT2D eigenvalue weighted by Crippen LogP contribution is -2.30. The molecule has 4 nitrogen and oxygen atoms in total. The molecule has 0 bridgehead atoms. The highest BCUT2D eigenvalue weighted by molar-refractivity contribution is 9.10. The molecule has 0 aromatic heterocycles. The third-order valence-electron chi connectivity index (χ3n) is 3.01. The van der Waals surface area contributed by atoms with Gasteiger partial charge in [0.25, 0.3) is 5.91 Å². The summed E-state index contributed by atoms with van der Waals surface area (Å²) in [6.45, 7) is 1.48. The van der Waals surface area contributed by atoms with E-state index in [9.17, 15) is 14.0 Å². The van der Waals surface area contributed by atoms with Gasteiger partial charge in [0.05, 0.1) is 6.42 Å². The highest BCUT2D eigenvalue weighted by Crippen LogP contribution is 2.16. The van der Waals surface area contributed by atoms with E-state index in [2.05, 4.69) is 21.2 Å². The Kier molecular flexibility index (Phi) is 5.87. The average Bonchev–Trinajstić information content (AvgIpc) is 2.47. The predicted octanol–water partition coefficient (Wildman–Crippen LogP) is 3.70. The summed E-state index contributed by atoms with van der Waals surface area (Å²) in [7, 11) is 0. The van der Waals surface area contributed by atoms with E-state index in [4.69, 9.17) is 4.74 Å². The summed E-state index contributed by atoms with van der Waals surface area (Å²) in [4.78, 5) is 23.8. The molecule has 2 rings (SSSR count). The molecule has 1 amide bonds. The van der Waals surface area contributed by atoms with Crippen molar-refractivity contribution < 1.29 is 18.7 Å². The van der Waals surface area contributed by atoms with Crippen LogP contribution in [0.15, 0.2) is 53.0 Å². The van der Waals surface area contributed by atoms with Crippen LogP contribution in [0.2, 0.25) is 0 Å². The maximum atomic E-state index is 13.1. The first kappa shape index (κ1) is 17.1. The van der Waals surface area contributed by atoms with Crippen LogP contribution in [-0.2, 0) is 20.7 Å². The zero-order valence-corrected chi connectivity index (χ0v) is 14.0. The van der Waals surface area contributed by atoms with Crippen LogP contribution in [0.5, 0.6) is 0 Å². The molecule has 0 heterocycles. The van der Waals surface area contributed by atoms with Crippen LogP contribution in [-0.4, -0.2) is 18.0 Å². The second kappa shape index (κ2) is 7.87. The van der Waals surface area contributed by atoms with Gasteiger partial charge in [-0.3, -0.25) is 9.59 Å². The normalized spacial score (nSPS) is 11.6. The summed E-state index contributed by atoms with van der Waals surface area (Å²) >= 11 is 3.30. The van der Waals surface area contributed by atoms with Gasteiger partial charge in [-0.25, -0.2) is 4.39 Å². The number of rotatable bonds is 5. The Hall–Kier alpha value is -2.21. The summed E-state index contributed by atoms with van der Waals surface area (Å²) in [6.07, 6.45) is -1.04. The van der Waals surface area contributed by atoms with E-state index in [0.29, 0.717) is 11.3 Å². The number of hydrogen-bond acceptors (Lipinski definition) is 3. The molecule has 0 radical (unpaired) electrons. The summed E-state index contributed by atoms with van der Waals surface area (Å²) in [5, 5.41) is 2.65. The highest BCUT2D eigenvalue weighted by atomic mass is 79.9. The van der Waals surface area contributed by atoms with Crippen LogP contribution < -0.4 is 5.32 Å². The third-order valence-corrected chi connectivity index (χ3v) is 3.50. The molecule has 120 valence electrons. The minimum Gasteiger partial charge on any atom is -0.452 e. The number of hydrogen-bond donors (Lipinski definition) is 1. The molecule has 2 aromatic rings. The van der Waals surface area contributed by atoms with Gasteiger partial charge >= 0.3 is 5.97 Å². The minimum atomic E-state index is -0.949. The van der Waals surface area contributed by atoms with Crippen molar-refractivity contribution in [1.82, 2.24) is 0 Å². The molecule has 0 aliphatic heterocycles. The minimum absolute atomic E-state index is 0.0910. The van der Waals surface area contributed by atoms with Gasteiger partial charge in [0.1, 0.15) is 5.82 Å². The standard InChI is InChI=1S/C17H15BrFNO3/c1-11(17(22)20-15-7-3-5-13(18)10-15)23-16(21)9-12-4-2-6-14(19)8-12/h2-8,10-11H,9H2,1H3,(H,20,22)/t11-/m0/s1. The van der Waals surface area contributed by atoms with Crippen LogP contribution >= 0.6 is 15.9 Å². The number of anilines is 1. The van der Waals surface area contributed by atoms with Crippen molar-refractivity contribution in [2.24, 2.45) is 0 Å². The SMILES string of the molecule is C[C@H](OC(=O)Cc1cccc(F)c1)C(=O)Nc1cccc(Br)c1. The van der Waals surface area contributed by atoms with Gasteiger partial charge in [-0.1, -0.05) is 34.1 Å². The number of benzene rings is 2. The first-order valence-electron chi connectivity index (χ1n) is 6.94. The monoisotopic (exact) mass is 379 g/mol. The van der Waals surface area contributed by atoms with Gasteiger partial charge in [0.15, 0.2) is 6.10 Å². The summed E-state index contributed by atoms with van der Waals surface area (Å²) in [5.41, 5.74) is 1.09. The molecular weight excluding hydrogens is 365 g/mol. The summed E-state index contributed by atoms with van der Waals surface area (Å²) < 4.78 is 19.0. The number of esters is 1. The molecule has 0 spiro atoms. The van der Waals surface area contributed by atoms with Gasteiger partial charge in [-0.15, -0.1) is 0 Å². The third kappa shape index (κ3) is 5.49. The maximum Gasteiger partial charge on any atom is 0.311 e. The van der Waals surface area contributed by atoms with Crippen molar-refractivity contribution >= 4 is 33.5 Å². The number of halogens is 2. The lowest BCUT2D eigenvalue weighted by atomic mass is 10.1. The summed E-state index contributed by atoms with van der Waals surface area (Å²) in [6, 6.07) is 12.8. The van der Waals surface area contributed by atoms with Crippen molar-refractivity contribution in [3.8, 4) is 0 Å². The number of amides is 1. The molecular formula is C17H15BrFNO3. The van der Waals surface area contributed by atoms with Crippen molar-refractivity contribution in [3.05, 3.63) is 64.4 Å². The zero-order valence-electron chi connectivity index (χ0n) is 12.4. The molecule has 0 fully saturated rings. The fourth-order valence-electron chi connectivity index (χ4n) is 1.92. The van der Waals surface area contributed by atoms with Gasteiger partial charge in [-0.05, 0) is 42.8 Å². The van der Waals surface area contributed by atoms with E-state index in [1.165, 1.54) is 25.1 Å². The number of carbonyl (C=O) groups excluding carboxylic acids is 2. The molecule has 2 aromatic carbocycles. The lowest BCUT2D eigenvalue weighted by Gasteiger charge is -2.13. The second-order valence-electron chi connectivity index (χ2n) is 4.94. The smallest absolute Gasteiger partial charge is 0.311 e. The molecule has 1 N–H and O–H groups in total. The molecule has 1 atom stereocenters. The van der Waals surface area contributed by atoms with Crippen LogP contribution in [0.1, 0.15) is 12.5 Å². The Labute approximate surface area is 141 Å². The fourth-order valence-corrected chi connectivity index (χ4v) is 2.32. The average molecular weight is 380 g/mol. The molecule has 0 saturated heterocycles. The van der Waals surface area contributed by atoms with E-state index < -0.39 is 23.8 Å². The van der Waals surface area contributed by atoms with Crippen molar-refractivity contribution in [2.75, 3.05) is 5.32 Å². The van der Waals surface area contributed by atoms with Crippen LogP contribution in [0, 0.1) is 5.82 Å². The van der Waals surface area contributed by atoms with Gasteiger partial charge in [-0.2, -0.15) is 0 Å². The predicted molar refractivity (Wildman–Crippen MR) is 88.4 cm³/mol. The zero-order chi connectivity index (χ0) is 16.8. The molecule has 0 unspecified atom stereocenters. The van der Waals surface area contributed by atoms with Crippen LogP contribution in [0.4, 0.5) is 10.1 Å². The molecule has 23 heavy (non-hydrogen) atoms. The van der Waals surface area contributed by atoms with Crippen molar-refractivity contribution in [2.45, 2.75) is 19.4 Å². The van der Waals surface area contributed by atoms with E-state index >= 15 is 0 Å². The Bertz CT molecular complexity index is 720. The highest BCUT2D eigenvalue weighted by Gasteiger charge is 2.18. The van der Waals surface area contributed by atoms with Crippen molar-refractivity contribution in [1.29, 1.82) is 0 Å². The lowest BCUT2D eigenvalue weighted by molar-refractivity contribution is -0.152. The van der Waals surface area contributed by atoms with E-state index in [-0.39, 0.29) is 6.42 Å². The van der Waals surface area contributed by atoms with Gasteiger partial charge in [0, 0.05) is 10.2 Å². The van der Waals surface area contributed by atoms with Gasteiger partial charge in [0.2, 0.25) is 0 Å². The number of carbonyl (C=O) groups is 2. The Morgan fingerprint density at radius 3 is 2.65 bits per heavy atom. The number of ether oxygens (including phenoxy) is 1. The fraction of sp³-hybridized carbons (Fsp3) is 0.176. The van der Waals surface area contributed by atoms with Crippen molar-refractivity contribution in [3.63, 3.8) is 0 Å². The second-order valence-corrected chi connectivity index (χ2v) is 5.85. The van der Waals surface area contributed by atoms with Crippen LogP contribution in [0.3, 0.4) is 0 Å². The van der Waals surface area contributed by atoms with E-state index in [1.54, 1.807) is 24.3 Å². The maximum absolute atomic E-state index is 13.1. The molecule has 0 aliphatic carbocycles. The van der Waals surface area contributed by atoms with Crippen LogP contribution in [0.25, 0.3) is 0 Å². The first-order chi connectivity index (χ1) is 10.9. The first-order valence-corrected chi connectivity index (χ1v) is 7.73. The summed E-state index contributed by atoms with van der Waals surface area (Å²) in [5.74, 6) is -1.45. The molecule has 0 aliphatic rings. The Morgan fingerprint density at radius 2 is 1.96 bits per heavy atom. The molecule has 6 heteroatoms. The largest absolute Gasteiger partial charge is 0.452 e. The Morgan fingerprint density at radius 1 is 1.22 bits per heavy atom. The molecule has 0 saturated carbocycles. The van der Waals surface area contributed by atoms with E-state index in [0.717, 1.165) is 4.47 Å². The number of nitrogens with one attached hydrogen (secondary N) is 1. The Balaban J connectivity index is 1.89.